The van der Waals surface area contributed by atoms with Gasteiger partial charge in [-0.1, -0.05) is 60.7 Å². The number of allylic oxidation sites excluding steroid dienone is 1. The normalized spacial score (nSPS) is 11.4. The van der Waals surface area contributed by atoms with E-state index in [0.29, 0.717) is 12.2 Å². The number of benzene rings is 2. The molecule has 0 aromatic heterocycles. The molecule has 1 N–H and O–H groups in total. The highest BCUT2D eigenvalue weighted by atomic mass is 16.3. The fraction of sp³-hybridized carbons (Fsp3) is 0.0667. The molecule has 0 saturated heterocycles. The third-order valence-electron chi connectivity index (χ3n) is 2.36. The van der Waals surface area contributed by atoms with Crippen LogP contribution in [0.1, 0.15) is 11.1 Å². The highest BCUT2D eigenvalue weighted by molar-refractivity contribution is 5.51. The third kappa shape index (κ3) is 2.99. The van der Waals surface area contributed by atoms with Crippen molar-refractivity contribution in [2.45, 2.75) is 6.42 Å². The fourth-order valence-electron chi connectivity index (χ4n) is 1.60. The Hall–Kier alpha value is -2.02. The molecule has 0 unspecified atom stereocenters. The van der Waals surface area contributed by atoms with Crippen LogP contribution in [0.15, 0.2) is 66.4 Å². The first kappa shape index (κ1) is 10.5. The second-order valence-electron chi connectivity index (χ2n) is 3.71. The van der Waals surface area contributed by atoms with Crippen molar-refractivity contribution >= 4 is 6.08 Å². The zero-order valence-electron chi connectivity index (χ0n) is 9.01. The van der Waals surface area contributed by atoms with Crippen LogP contribution in [-0.4, -0.2) is 5.11 Å². The first-order valence-corrected chi connectivity index (χ1v) is 5.33. The molecule has 2 aromatic carbocycles. The smallest absolute Gasteiger partial charge is 0.0972 e. The van der Waals surface area contributed by atoms with Crippen molar-refractivity contribution in [2.24, 2.45) is 0 Å². The lowest BCUT2D eigenvalue weighted by molar-refractivity contribution is 0.404. The number of hydrogen-bond donors (Lipinski definition) is 1. The topological polar surface area (TPSA) is 20.2 Å². The Balaban J connectivity index is 2.09. The van der Waals surface area contributed by atoms with Crippen LogP contribution in [-0.2, 0) is 6.42 Å². The van der Waals surface area contributed by atoms with E-state index in [-0.39, 0.29) is 0 Å². The molecule has 0 atom stereocenters. The molecule has 0 bridgehead atoms. The molecular weight excluding hydrogens is 196 g/mol. The van der Waals surface area contributed by atoms with Crippen LogP contribution in [0, 0.1) is 0 Å². The van der Waals surface area contributed by atoms with Crippen LogP contribution in [0.5, 0.6) is 0 Å². The van der Waals surface area contributed by atoms with Crippen molar-refractivity contribution in [1.29, 1.82) is 0 Å². The van der Waals surface area contributed by atoms with Crippen LogP contribution in [0.3, 0.4) is 0 Å². The van der Waals surface area contributed by atoms with Crippen molar-refractivity contribution < 1.29 is 5.11 Å². The predicted octanol–water partition coefficient (Wildman–Crippen LogP) is 3.83. The van der Waals surface area contributed by atoms with E-state index in [2.05, 4.69) is 0 Å². The average Bonchev–Trinajstić information content (AvgIpc) is 2.31. The molecule has 2 rings (SSSR count). The average molecular weight is 210 g/mol. The van der Waals surface area contributed by atoms with Gasteiger partial charge in [-0.05, 0) is 17.2 Å². The molecule has 0 fully saturated rings. The van der Waals surface area contributed by atoms with Gasteiger partial charge in [0.1, 0.15) is 0 Å². The second-order valence-corrected chi connectivity index (χ2v) is 3.71. The summed E-state index contributed by atoms with van der Waals surface area (Å²) >= 11 is 0. The maximum atomic E-state index is 9.82. The first-order valence-electron chi connectivity index (χ1n) is 5.33. The van der Waals surface area contributed by atoms with Crippen LogP contribution < -0.4 is 0 Å². The molecule has 0 aliphatic heterocycles. The van der Waals surface area contributed by atoms with E-state index in [1.807, 2.05) is 60.7 Å². The number of rotatable bonds is 3. The van der Waals surface area contributed by atoms with Crippen LogP contribution in [0.2, 0.25) is 0 Å². The zero-order chi connectivity index (χ0) is 11.2. The molecule has 80 valence electrons. The van der Waals surface area contributed by atoms with E-state index in [4.69, 9.17) is 0 Å². The second kappa shape index (κ2) is 5.17. The quantitative estimate of drug-likeness (QED) is 0.763. The van der Waals surface area contributed by atoms with Gasteiger partial charge < -0.3 is 5.11 Å². The monoisotopic (exact) mass is 210 g/mol. The Morgan fingerprint density at radius 2 is 1.44 bits per heavy atom. The van der Waals surface area contributed by atoms with Crippen LogP contribution >= 0.6 is 0 Å². The summed E-state index contributed by atoms with van der Waals surface area (Å²) in [5, 5.41) is 9.82. The largest absolute Gasteiger partial charge is 0.512 e. The summed E-state index contributed by atoms with van der Waals surface area (Å²) in [5.74, 6) is 0.386. The van der Waals surface area contributed by atoms with Gasteiger partial charge in [-0.25, -0.2) is 0 Å². The Morgan fingerprint density at radius 1 is 0.875 bits per heavy atom. The maximum absolute atomic E-state index is 9.82. The molecule has 2 aromatic rings. The van der Waals surface area contributed by atoms with Gasteiger partial charge in [0.15, 0.2) is 0 Å². The van der Waals surface area contributed by atoms with E-state index >= 15 is 0 Å². The molecule has 0 aliphatic carbocycles. The van der Waals surface area contributed by atoms with E-state index in [1.54, 1.807) is 6.08 Å². The Bertz CT molecular complexity index is 457. The lowest BCUT2D eigenvalue weighted by Crippen LogP contribution is -1.88. The molecule has 1 heteroatoms. The highest BCUT2D eigenvalue weighted by Gasteiger charge is 1.96. The Labute approximate surface area is 95.7 Å². The molecule has 0 amide bonds. The van der Waals surface area contributed by atoms with Crippen LogP contribution in [0.4, 0.5) is 0 Å². The molecular formula is C15H14O. The van der Waals surface area contributed by atoms with E-state index in [1.165, 1.54) is 0 Å². The van der Waals surface area contributed by atoms with Gasteiger partial charge in [0.05, 0.1) is 5.76 Å². The number of aliphatic hydroxyl groups excluding tert-OH is 1. The number of aliphatic hydroxyl groups is 1. The van der Waals surface area contributed by atoms with Gasteiger partial charge in [0, 0.05) is 6.42 Å². The molecule has 0 heterocycles. The first-order chi connectivity index (χ1) is 7.84. The van der Waals surface area contributed by atoms with Gasteiger partial charge in [0.25, 0.3) is 0 Å². The van der Waals surface area contributed by atoms with E-state index < -0.39 is 0 Å². The van der Waals surface area contributed by atoms with Crippen molar-refractivity contribution in [3.8, 4) is 0 Å². The van der Waals surface area contributed by atoms with Gasteiger partial charge in [-0.3, -0.25) is 0 Å². The molecule has 0 aliphatic rings. The SMILES string of the molecule is O/C(=C/c1ccccc1)Cc1ccccc1. The van der Waals surface area contributed by atoms with Crippen molar-refractivity contribution in [1.82, 2.24) is 0 Å². The van der Waals surface area contributed by atoms with E-state index in [0.717, 1.165) is 11.1 Å². The standard InChI is InChI=1S/C15H14O/c16-15(11-13-7-3-1-4-8-13)12-14-9-5-2-6-10-14/h1-11,16H,12H2/b15-11+. The van der Waals surface area contributed by atoms with Gasteiger partial charge in [0.2, 0.25) is 0 Å². The molecule has 1 nitrogen and oxygen atoms in total. The minimum atomic E-state index is 0.386. The zero-order valence-corrected chi connectivity index (χ0v) is 9.01. The molecule has 0 spiro atoms. The Kier molecular flexibility index (Phi) is 3.39. The number of hydrogen-bond acceptors (Lipinski definition) is 1. The van der Waals surface area contributed by atoms with Crippen molar-refractivity contribution in [3.63, 3.8) is 0 Å². The molecule has 0 radical (unpaired) electrons. The van der Waals surface area contributed by atoms with Gasteiger partial charge >= 0.3 is 0 Å². The summed E-state index contributed by atoms with van der Waals surface area (Å²) in [4.78, 5) is 0. The third-order valence-corrected chi connectivity index (χ3v) is 2.36. The van der Waals surface area contributed by atoms with Gasteiger partial charge in [-0.15, -0.1) is 0 Å². The summed E-state index contributed by atoms with van der Waals surface area (Å²) in [6.45, 7) is 0. The minimum Gasteiger partial charge on any atom is -0.512 e. The minimum absolute atomic E-state index is 0.386. The lowest BCUT2D eigenvalue weighted by Gasteiger charge is -2.00. The van der Waals surface area contributed by atoms with Gasteiger partial charge in [-0.2, -0.15) is 0 Å². The summed E-state index contributed by atoms with van der Waals surface area (Å²) in [5.41, 5.74) is 2.14. The summed E-state index contributed by atoms with van der Waals surface area (Å²) in [6, 6.07) is 19.8. The van der Waals surface area contributed by atoms with E-state index in [9.17, 15) is 5.11 Å². The summed E-state index contributed by atoms with van der Waals surface area (Å²) in [6.07, 6.45) is 2.38. The molecule has 0 saturated carbocycles. The lowest BCUT2D eigenvalue weighted by atomic mass is 10.1. The highest BCUT2D eigenvalue weighted by Crippen LogP contribution is 2.10. The predicted molar refractivity (Wildman–Crippen MR) is 67.2 cm³/mol. The fourth-order valence-corrected chi connectivity index (χ4v) is 1.60. The summed E-state index contributed by atoms with van der Waals surface area (Å²) in [7, 11) is 0. The maximum Gasteiger partial charge on any atom is 0.0972 e. The summed E-state index contributed by atoms with van der Waals surface area (Å²) < 4.78 is 0. The Morgan fingerprint density at radius 3 is 2.06 bits per heavy atom. The van der Waals surface area contributed by atoms with Crippen molar-refractivity contribution in [2.75, 3.05) is 0 Å². The molecule has 16 heavy (non-hydrogen) atoms. The van der Waals surface area contributed by atoms with Crippen molar-refractivity contribution in [3.05, 3.63) is 77.5 Å². The van der Waals surface area contributed by atoms with Crippen LogP contribution in [0.25, 0.3) is 6.08 Å².